The summed E-state index contributed by atoms with van der Waals surface area (Å²) in [6, 6.07) is 13.1. The third kappa shape index (κ3) is 3.86. The summed E-state index contributed by atoms with van der Waals surface area (Å²) < 4.78 is 5.81. The predicted octanol–water partition coefficient (Wildman–Crippen LogP) is 2.88. The number of carboxylic acids is 1. The summed E-state index contributed by atoms with van der Waals surface area (Å²) in [5, 5.41) is 11.6. The van der Waals surface area contributed by atoms with Crippen molar-refractivity contribution in [1.29, 1.82) is 0 Å². The molecule has 0 atom stereocenters. The van der Waals surface area contributed by atoms with Gasteiger partial charge >= 0.3 is 5.97 Å². The van der Waals surface area contributed by atoms with Gasteiger partial charge in [-0.05, 0) is 42.3 Å². The predicted molar refractivity (Wildman–Crippen MR) is 113 cm³/mol. The van der Waals surface area contributed by atoms with E-state index in [4.69, 9.17) is 9.84 Å². The van der Waals surface area contributed by atoms with Gasteiger partial charge in [0.05, 0.1) is 18.5 Å². The third-order valence-electron chi connectivity index (χ3n) is 4.49. The molecule has 0 radical (unpaired) electrons. The minimum absolute atomic E-state index is 0.144. The molecule has 2 aromatic carbocycles. The number of benzene rings is 2. The molecule has 9 nitrogen and oxygen atoms in total. The Bertz CT molecular complexity index is 1260. The van der Waals surface area contributed by atoms with Crippen molar-refractivity contribution in [3.63, 3.8) is 0 Å². The van der Waals surface area contributed by atoms with Crippen molar-refractivity contribution < 1.29 is 14.6 Å². The zero-order valence-corrected chi connectivity index (χ0v) is 16.1. The number of carboxylic acid groups (broad SMARTS) is 1. The Morgan fingerprint density at radius 3 is 2.67 bits per heavy atom. The molecule has 4 aromatic rings. The highest BCUT2D eigenvalue weighted by molar-refractivity contribution is 5.77. The molecule has 0 fully saturated rings. The molecular formula is C21H19N5O4. The molecule has 30 heavy (non-hydrogen) atoms. The number of rotatable bonds is 7. The lowest BCUT2D eigenvalue weighted by Gasteiger charge is -2.12. The van der Waals surface area contributed by atoms with Crippen LogP contribution in [0.5, 0.6) is 5.75 Å². The number of anilines is 1. The summed E-state index contributed by atoms with van der Waals surface area (Å²) in [6.45, 7) is 2.19. The molecule has 0 bridgehead atoms. The molecule has 0 saturated carbocycles. The van der Waals surface area contributed by atoms with Crippen LogP contribution in [0.4, 0.5) is 5.69 Å². The van der Waals surface area contributed by atoms with E-state index in [1.807, 2.05) is 49.4 Å². The Hall–Kier alpha value is -4.14. The van der Waals surface area contributed by atoms with E-state index in [9.17, 15) is 9.59 Å². The van der Waals surface area contributed by atoms with Crippen LogP contribution < -0.4 is 15.6 Å². The number of H-pyrrole nitrogens is 2. The summed E-state index contributed by atoms with van der Waals surface area (Å²) in [4.78, 5) is 37.0. The highest BCUT2D eigenvalue weighted by Crippen LogP contribution is 2.33. The second kappa shape index (κ2) is 8.08. The first-order chi connectivity index (χ1) is 14.5. The van der Waals surface area contributed by atoms with Crippen molar-refractivity contribution in [2.24, 2.45) is 0 Å². The van der Waals surface area contributed by atoms with Crippen molar-refractivity contribution in [3.8, 4) is 28.3 Å². The highest BCUT2D eigenvalue weighted by atomic mass is 16.5. The van der Waals surface area contributed by atoms with E-state index in [0.29, 0.717) is 29.4 Å². The number of imidazole rings is 1. The summed E-state index contributed by atoms with van der Waals surface area (Å²) in [5.74, 6) is 0.0565. The van der Waals surface area contributed by atoms with E-state index in [0.717, 1.165) is 16.8 Å². The first kappa shape index (κ1) is 19.2. The fourth-order valence-corrected chi connectivity index (χ4v) is 3.10. The number of hydrogen-bond acceptors (Lipinski definition) is 6. The number of aromatic nitrogens is 4. The lowest BCUT2D eigenvalue weighted by atomic mass is 10.0. The summed E-state index contributed by atoms with van der Waals surface area (Å²) in [7, 11) is 0. The van der Waals surface area contributed by atoms with Crippen LogP contribution in [0.1, 0.15) is 6.92 Å². The number of aliphatic carboxylic acids is 1. The third-order valence-corrected chi connectivity index (χ3v) is 4.49. The van der Waals surface area contributed by atoms with Gasteiger partial charge in [0.2, 0.25) is 0 Å². The molecule has 2 heterocycles. The van der Waals surface area contributed by atoms with E-state index < -0.39 is 5.97 Å². The van der Waals surface area contributed by atoms with E-state index in [2.05, 4.69) is 25.3 Å². The topological polar surface area (TPSA) is 133 Å². The molecule has 4 rings (SSSR count). The molecular weight excluding hydrogens is 386 g/mol. The van der Waals surface area contributed by atoms with Gasteiger partial charge in [-0.25, -0.2) is 9.97 Å². The maximum atomic E-state index is 12.3. The molecule has 0 amide bonds. The van der Waals surface area contributed by atoms with Gasteiger partial charge in [0.1, 0.15) is 18.1 Å². The van der Waals surface area contributed by atoms with Gasteiger partial charge < -0.3 is 25.1 Å². The highest BCUT2D eigenvalue weighted by Gasteiger charge is 2.14. The first-order valence-corrected chi connectivity index (χ1v) is 9.32. The van der Waals surface area contributed by atoms with Crippen LogP contribution in [0.15, 0.2) is 53.6 Å². The van der Waals surface area contributed by atoms with Gasteiger partial charge in [-0.2, -0.15) is 0 Å². The van der Waals surface area contributed by atoms with E-state index in [-0.39, 0.29) is 17.6 Å². The molecule has 9 heteroatoms. The number of carbonyl (C=O) groups is 1. The van der Waals surface area contributed by atoms with Crippen LogP contribution in [-0.2, 0) is 4.79 Å². The maximum Gasteiger partial charge on any atom is 0.322 e. The van der Waals surface area contributed by atoms with E-state index in [1.165, 1.54) is 6.33 Å². The smallest absolute Gasteiger partial charge is 0.322 e. The zero-order chi connectivity index (χ0) is 21.1. The summed E-state index contributed by atoms with van der Waals surface area (Å²) in [5.41, 5.74) is 3.57. The number of hydrogen-bond donors (Lipinski definition) is 4. The van der Waals surface area contributed by atoms with Crippen LogP contribution in [0.2, 0.25) is 0 Å². The van der Waals surface area contributed by atoms with Crippen molar-refractivity contribution in [1.82, 2.24) is 19.9 Å². The zero-order valence-electron chi connectivity index (χ0n) is 16.1. The summed E-state index contributed by atoms with van der Waals surface area (Å²) in [6.07, 6.45) is 1.43. The van der Waals surface area contributed by atoms with Crippen LogP contribution >= 0.6 is 0 Å². The number of ether oxygens (including phenoxy) is 1. The van der Waals surface area contributed by atoms with Crippen molar-refractivity contribution in [2.75, 3.05) is 18.5 Å². The average Bonchev–Trinajstić information content (AvgIpc) is 3.22. The first-order valence-electron chi connectivity index (χ1n) is 9.32. The molecule has 0 aliphatic heterocycles. The molecule has 2 aromatic heterocycles. The Labute approximate surface area is 170 Å². The van der Waals surface area contributed by atoms with Gasteiger partial charge in [0.15, 0.2) is 11.2 Å². The second-order valence-electron chi connectivity index (χ2n) is 6.48. The molecule has 0 aliphatic carbocycles. The largest absolute Gasteiger partial charge is 0.493 e. The number of nitrogens with zero attached hydrogens (tertiary/aromatic N) is 2. The van der Waals surface area contributed by atoms with Crippen LogP contribution in [0, 0.1) is 0 Å². The van der Waals surface area contributed by atoms with Gasteiger partial charge in [0.25, 0.3) is 5.56 Å². The molecule has 4 N–H and O–H groups in total. The van der Waals surface area contributed by atoms with Crippen LogP contribution in [0.3, 0.4) is 0 Å². The Balaban J connectivity index is 1.69. The van der Waals surface area contributed by atoms with Crippen molar-refractivity contribution in [3.05, 3.63) is 59.1 Å². The molecule has 0 unspecified atom stereocenters. The number of nitrogens with one attached hydrogen (secondary N) is 3. The Morgan fingerprint density at radius 1 is 1.17 bits per heavy atom. The summed E-state index contributed by atoms with van der Waals surface area (Å²) >= 11 is 0. The lowest BCUT2D eigenvalue weighted by molar-refractivity contribution is -0.134. The fraction of sp³-hybridized carbons (Fsp3) is 0.143. The standard InChI is InChI=1S/C21H19N5O4/c1-2-30-16-9-13(12-3-6-14(7-4-12)22-10-17(27)28)5-8-15(16)19-25-20-18(21(29)26-19)23-11-24-20/h3-9,11,22H,2,10H2,1H3,(H,27,28)(H2,23,24,25,26,29). The minimum Gasteiger partial charge on any atom is -0.493 e. The molecule has 0 aliphatic rings. The Morgan fingerprint density at radius 2 is 1.93 bits per heavy atom. The SMILES string of the molecule is CCOc1cc(-c2ccc(NCC(=O)O)cc2)ccc1-c1nc2[nH]cnc2c(=O)[nH]1. The fourth-order valence-electron chi connectivity index (χ4n) is 3.10. The quantitative estimate of drug-likeness (QED) is 0.371. The lowest BCUT2D eigenvalue weighted by Crippen LogP contribution is -2.12. The van der Waals surface area contributed by atoms with Gasteiger partial charge in [0, 0.05) is 5.69 Å². The van der Waals surface area contributed by atoms with Crippen molar-refractivity contribution >= 4 is 22.8 Å². The average molecular weight is 405 g/mol. The van der Waals surface area contributed by atoms with Gasteiger partial charge in [-0.15, -0.1) is 0 Å². The monoisotopic (exact) mass is 405 g/mol. The van der Waals surface area contributed by atoms with Gasteiger partial charge in [-0.3, -0.25) is 9.59 Å². The van der Waals surface area contributed by atoms with E-state index in [1.54, 1.807) is 0 Å². The minimum atomic E-state index is -0.920. The normalized spacial score (nSPS) is 10.8. The van der Waals surface area contributed by atoms with Gasteiger partial charge in [-0.1, -0.05) is 18.2 Å². The number of fused-ring (bicyclic) bond motifs is 1. The number of aromatic amines is 2. The van der Waals surface area contributed by atoms with Crippen molar-refractivity contribution in [2.45, 2.75) is 6.92 Å². The Kier molecular flexibility index (Phi) is 5.17. The molecule has 0 saturated heterocycles. The molecule has 0 spiro atoms. The van der Waals surface area contributed by atoms with Crippen LogP contribution in [0.25, 0.3) is 33.7 Å². The molecule has 152 valence electrons. The maximum absolute atomic E-state index is 12.3. The van der Waals surface area contributed by atoms with Crippen LogP contribution in [-0.4, -0.2) is 44.2 Å². The van der Waals surface area contributed by atoms with E-state index >= 15 is 0 Å². The second-order valence-corrected chi connectivity index (χ2v) is 6.48.